The van der Waals surface area contributed by atoms with Gasteiger partial charge >= 0.3 is 0 Å². The third-order valence-electron chi connectivity index (χ3n) is 7.89. The van der Waals surface area contributed by atoms with Gasteiger partial charge in [0.2, 0.25) is 0 Å². The number of rotatable bonds is 10. The van der Waals surface area contributed by atoms with Crippen LogP contribution in [0.25, 0.3) is 22.8 Å². The standard InChI is InChI=1S/C34H36N4O4S/c1-5-38(4)18-17-35-34(40)32-22(2)31(36-23(32)3)20-29-28-19-26(15-16-30(28)37-33(29)39)43(41,42)21-25-13-9-10-14-27(25)24-11-7-6-8-12-24/h6-16,19-20,36H,5,17-18,21H2,1-4H3,(H,35,40)(H,37,39)/b29-20-. The van der Waals surface area contributed by atoms with Crippen molar-refractivity contribution in [2.24, 2.45) is 0 Å². The molecule has 8 nitrogen and oxygen atoms in total. The highest BCUT2D eigenvalue weighted by Gasteiger charge is 2.28. The zero-order valence-corrected chi connectivity index (χ0v) is 25.6. The van der Waals surface area contributed by atoms with E-state index in [2.05, 4.69) is 27.4 Å². The summed E-state index contributed by atoms with van der Waals surface area (Å²) < 4.78 is 27.4. The van der Waals surface area contributed by atoms with Crippen LogP contribution in [0.15, 0.2) is 77.7 Å². The number of anilines is 1. The molecule has 222 valence electrons. The molecule has 0 fully saturated rings. The summed E-state index contributed by atoms with van der Waals surface area (Å²) in [7, 11) is -1.75. The molecule has 0 saturated carbocycles. The SMILES string of the molecule is CCN(C)CCNC(=O)c1c(C)[nH]c(/C=C2\C(=O)Nc3ccc(S(=O)(=O)Cc4ccccc4-c4ccccc4)cc32)c1C. The van der Waals surface area contributed by atoms with Gasteiger partial charge in [0.15, 0.2) is 9.84 Å². The number of H-pyrrole nitrogens is 1. The number of carbonyl (C=O) groups excluding carboxylic acids is 2. The van der Waals surface area contributed by atoms with Crippen LogP contribution < -0.4 is 10.6 Å². The van der Waals surface area contributed by atoms with Crippen molar-refractivity contribution in [3.8, 4) is 11.1 Å². The van der Waals surface area contributed by atoms with Gasteiger partial charge in [0, 0.05) is 35.7 Å². The number of benzene rings is 3. The Bertz CT molecular complexity index is 1820. The predicted octanol–water partition coefficient (Wildman–Crippen LogP) is 5.45. The molecule has 4 aromatic rings. The second kappa shape index (κ2) is 12.4. The van der Waals surface area contributed by atoms with Gasteiger partial charge < -0.3 is 20.5 Å². The van der Waals surface area contributed by atoms with Gasteiger partial charge in [0.25, 0.3) is 11.8 Å². The highest BCUT2D eigenvalue weighted by Crippen LogP contribution is 2.36. The molecule has 5 rings (SSSR count). The summed E-state index contributed by atoms with van der Waals surface area (Å²) >= 11 is 0. The third kappa shape index (κ3) is 6.33. The van der Waals surface area contributed by atoms with Gasteiger partial charge in [-0.05, 0) is 74.0 Å². The first-order valence-electron chi connectivity index (χ1n) is 14.3. The van der Waals surface area contributed by atoms with E-state index in [1.54, 1.807) is 18.2 Å². The highest BCUT2D eigenvalue weighted by molar-refractivity contribution is 7.90. The Hall–Kier alpha value is -4.47. The molecule has 1 aromatic heterocycles. The number of nitrogens with one attached hydrogen (secondary N) is 3. The maximum absolute atomic E-state index is 13.7. The molecule has 43 heavy (non-hydrogen) atoms. The fourth-order valence-corrected chi connectivity index (χ4v) is 6.75. The van der Waals surface area contributed by atoms with Crippen molar-refractivity contribution in [2.45, 2.75) is 31.4 Å². The molecule has 0 spiro atoms. The van der Waals surface area contributed by atoms with Gasteiger partial charge in [-0.15, -0.1) is 0 Å². The summed E-state index contributed by atoms with van der Waals surface area (Å²) in [5.41, 5.74) is 6.45. The van der Waals surface area contributed by atoms with E-state index in [9.17, 15) is 18.0 Å². The first kappa shape index (κ1) is 30.0. The molecule has 0 radical (unpaired) electrons. The summed E-state index contributed by atoms with van der Waals surface area (Å²) in [4.78, 5) is 31.5. The monoisotopic (exact) mass is 596 g/mol. The van der Waals surface area contributed by atoms with Crippen LogP contribution >= 0.6 is 0 Å². The maximum atomic E-state index is 13.7. The van der Waals surface area contributed by atoms with Crippen molar-refractivity contribution in [1.82, 2.24) is 15.2 Å². The number of fused-ring (bicyclic) bond motifs is 1. The number of carbonyl (C=O) groups is 2. The number of hydrogen-bond donors (Lipinski definition) is 3. The van der Waals surface area contributed by atoms with Gasteiger partial charge in [-0.3, -0.25) is 9.59 Å². The number of nitrogens with zero attached hydrogens (tertiary/aromatic N) is 1. The summed E-state index contributed by atoms with van der Waals surface area (Å²) in [5, 5.41) is 5.80. The first-order valence-corrected chi connectivity index (χ1v) is 15.9. The molecule has 1 aliphatic heterocycles. The van der Waals surface area contributed by atoms with Crippen LogP contribution in [0.2, 0.25) is 0 Å². The van der Waals surface area contributed by atoms with E-state index < -0.39 is 9.84 Å². The Labute approximate surface area is 252 Å². The molecule has 0 bridgehead atoms. The van der Waals surface area contributed by atoms with Crippen molar-refractivity contribution >= 4 is 39.0 Å². The average Bonchev–Trinajstić information content (AvgIpc) is 3.46. The Balaban J connectivity index is 1.44. The Morgan fingerprint density at radius 2 is 1.70 bits per heavy atom. The Kier molecular flexibility index (Phi) is 8.66. The maximum Gasteiger partial charge on any atom is 0.256 e. The molecular formula is C34H36N4O4S. The molecule has 1 aliphatic rings. The zero-order valence-electron chi connectivity index (χ0n) is 24.8. The molecule has 0 unspecified atom stereocenters. The van der Waals surface area contributed by atoms with Crippen LogP contribution in [0, 0.1) is 13.8 Å². The van der Waals surface area contributed by atoms with E-state index in [-0.39, 0.29) is 22.5 Å². The van der Waals surface area contributed by atoms with Gasteiger partial charge in [-0.2, -0.15) is 0 Å². The van der Waals surface area contributed by atoms with Crippen LogP contribution in [0.5, 0.6) is 0 Å². The van der Waals surface area contributed by atoms with Gasteiger partial charge in [-0.25, -0.2) is 8.42 Å². The summed E-state index contributed by atoms with van der Waals surface area (Å²) in [6.45, 7) is 7.87. The van der Waals surface area contributed by atoms with Crippen molar-refractivity contribution in [1.29, 1.82) is 0 Å². The van der Waals surface area contributed by atoms with Crippen LogP contribution in [0.3, 0.4) is 0 Å². The number of aryl methyl sites for hydroxylation is 1. The third-order valence-corrected chi connectivity index (χ3v) is 9.55. The lowest BCUT2D eigenvalue weighted by Crippen LogP contribution is -2.33. The fraction of sp³-hybridized carbons (Fsp3) is 0.235. The molecule has 3 aromatic carbocycles. The molecule has 2 heterocycles. The zero-order chi connectivity index (χ0) is 30.7. The van der Waals surface area contributed by atoms with E-state index in [1.165, 1.54) is 6.07 Å². The van der Waals surface area contributed by atoms with Crippen LogP contribution in [-0.2, 0) is 20.4 Å². The van der Waals surface area contributed by atoms with E-state index in [0.29, 0.717) is 51.4 Å². The quantitative estimate of drug-likeness (QED) is 0.211. The lowest BCUT2D eigenvalue weighted by Gasteiger charge is -2.14. The van der Waals surface area contributed by atoms with E-state index >= 15 is 0 Å². The number of likely N-dealkylation sites (N-methyl/N-ethyl adjacent to an activating group) is 1. The lowest BCUT2D eigenvalue weighted by molar-refractivity contribution is -0.110. The Morgan fingerprint density at radius 3 is 2.44 bits per heavy atom. The minimum absolute atomic E-state index is 0.132. The number of amides is 2. The molecular weight excluding hydrogens is 560 g/mol. The topological polar surface area (TPSA) is 111 Å². The van der Waals surface area contributed by atoms with Crippen molar-refractivity contribution < 1.29 is 18.0 Å². The fourth-order valence-electron chi connectivity index (χ4n) is 5.35. The van der Waals surface area contributed by atoms with Crippen LogP contribution in [0.1, 0.15) is 45.4 Å². The van der Waals surface area contributed by atoms with Crippen LogP contribution in [0.4, 0.5) is 5.69 Å². The average molecular weight is 597 g/mol. The van der Waals surface area contributed by atoms with Gasteiger partial charge in [0.05, 0.1) is 21.8 Å². The molecule has 0 aliphatic carbocycles. The molecule has 3 N–H and O–H groups in total. The van der Waals surface area contributed by atoms with Crippen LogP contribution in [-0.4, -0.2) is 56.8 Å². The number of sulfone groups is 1. The first-order chi connectivity index (χ1) is 20.6. The molecule has 0 atom stereocenters. The predicted molar refractivity (Wildman–Crippen MR) is 171 cm³/mol. The lowest BCUT2D eigenvalue weighted by atomic mass is 10.0. The molecule has 9 heteroatoms. The van der Waals surface area contributed by atoms with Crippen molar-refractivity contribution in [3.63, 3.8) is 0 Å². The number of hydrogen-bond acceptors (Lipinski definition) is 5. The smallest absolute Gasteiger partial charge is 0.256 e. The van der Waals surface area contributed by atoms with Gasteiger partial charge in [0.1, 0.15) is 0 Å². The molecule has 2 amide bonds. The molecule has 0 saturated heterocycles. The number of aromatic nitrogens is 1. The minimum Gasteiger partial charge on any atom is -0.358 e. The van der Waals surface area contributed by atoms with Gasteiger partial charge in [-0.1, -0.05) is 61.5 Å². The second-order valence-corrected chi connectivity index (χ2v) is 12.8. The Morgan fingerprint density at radius 1 is 0.977 bits per heavy atom. The highest BCUT2D eigenvalue weighted by atomic mass is 32.2. The summed E-state index contributed by atoms with van der Waals surface area (Å²) in [6, 6.07) is 21.9. The summed E-state index contributed by atoms with van der Waals surface area (Å²) in [6.07, 6.45) is 1.69. The van der Waals surface area contributed by atoms with E-state index in [4.69, 9.17) is 0 Å². The van der Waals surface area contributed by atoms with E-state index in [0.717, 1.165) is 24.2 Å². The second-order valence-electron chi connectivity index (χ2n) is 10.8. The van der Waals surface area contributed by atoms with Crippen molar-refractivity contribution in [2.75, 3.05) is 32.0 Å². The largest absolute Gasteiger partial charge is 0.358 e. The summed E-state index contributed by atoms with van der Waals surface area (Å²) in [5.74, 6) is -0.696. The van der Waals surface area contributed by atoms with Crippen molar-refractivity contribution in [3.05, 3.63) is 106 Å². The minimum atomic E-state index is -3.75. The normalized spacial score (nSPS) is 13.8. The van der Waals surface area contributed by atoms with E-state index in [1.807, 2.05) is 75.5 Å². The number of aromatic amines is 1.